The van der Waals surface area contributed by atoms with E-state index in [4.69, 9.17) is 4.43 Å². The van der Waals surface area contributed by atoms with Crippen LogP contribution in [0.4, 0.5) is 0 Å². The van der Waals surface area contributed by atoms with Gasteiger partial charge >= 0.3 is 0 Å². The van der Waals surface area contributed by atoms with Crippen molar-refractivity contribution in [2.45, 2.75) is 71.7 Å². The maximum absolute atomic E-state index is 6.30. The van der Waals surface area contributed by atoms with Crippen molar-refractivity contribution in [1.82, 2.24) is 0 Å². The van der Waals surface area contributed by atoms with Crippen LogP contribution in [-0.2, 0) is 4.43 Å². The molecule has 0 atom stereocenters. The zero-order valence-corrected chi connectivity index (χ0v) is 11.2. The molecule has 0 aromatic heterocycles. The van der Waals surface area contributed by atoms with E-state index in [-0.39, 0.29) is 5.60 Å². The fourth-order valence-corrected chi connectivity index (χ4v) is 3.59. The van der Waals surface area contributed by atoms with Crippen molar-refractivity contribution in [3.8, 4) is 0 Å². The summed E-state index contributed by atoms with van der Waals surface area (Å²) in [5, 5.41) is 0. The van der Waals surface area contributed by atoms with Crippen molar-refractivity contribution in [2.75, 3.05) is 0 Å². The van der Waals surface area contributed by atoms with E-state index in [1.807, 2.05) is 0 Å². The van der Waals surface area contributed by atoms with E-state index in [1.54, 1.807) is 0 Å². The smallest absolute Gasteiger partial charge is 0.184 e. The lowest BCUT2D eigenvalue weighted by atomic mass is 9.92. The van der Waals surface area contributed by atoms with Gasteiger partial charge in [0.15, 0.2) is 8.32 Å². The molecule has 80 valence electrons. The number of rotatable bonds is 6. The lowest BCUT2D eigenvalue weighted by Gasteiger charge is -2.38. The summed E-state index contributed by atoms with van der Waals surface area (Å²) < 4.78 is 6.30. The van der Waals surface area contributed by atoms with Gasteiger partial charge in [-0.3, -0.25) is 0 Å². The highest BCUT2D eigenvalue weighted by atomic mass is 28.4. The summed E-state index contributed by atoms with van der Waals surface area (Å²) in [7, 11) is -1.37. The van der Waals surface area contributed by atoms with E-state index in [9.17, 15) is 0 Å². The lowest BCUT2D eigenvalue weighted by molar-refractivity contribution is 0.0424. The van der Waals surface area contributed by atoms with Crippen molar-refractivity contribution < 1.29 is 4.43 Å². The van der Waals surface area contributed by atoms with Crippen LogP contribution in [0.1, 0.15) is 46.5 Å². The Morgan fingerprint density at radius 2 is 1.46 bits per heavy atom. The van der Waals surface area contributed by atoms with Gasteiger partial charge in [0.25, 0.3) is 0 Å². The second-order valence-corrected chi connectivity index (χ2v) is 9.28. The van der Waals surface area contributed by atoms with Crippen molar-refractivity contribution in [3.05, 3.63) is 0 Å². The molecular weight excluding hydrogens is 176 g/mol. The van der Waals surface area contributed by atoms with Gasteiger partial charge in [0, 0.05) is 0 Å². The third-order valence-corrected chi connectivity index (χ3v) is 3.56. The molecule has 0 radical (unpaired) electrons. The maximum Gasteiger partial charge on any atom is 0.184 e. The summed E-state index contributed by atoms with van der Waals surface area (Å²) in [5.74, 6) is 0. The van der Waals surface area contributed by atoms with Crippen LogP contribution < -0.4 is 0 Å². The van der Waals surface area contributed by atoms with Gasteiger partial charge in [-0.25, -0.2) is 0 Å². The van der Waals surface area contributed by atoms with E-state index in [0.29, 0.717) is 0 Å². The fourth-order valence-electron chi connectivity index (χ4n) is 1.90. The highest BCUT2D eigenvalue weighted by molar-refractivity contribution is 6.69. The second kappa shape index (κ2) is 5.16. The van der Waals surface area contributed by atoms with Gasteiger partial charge < -0.3 is 4.43 Å². The lowest BCUT2D eigenvalue weighted by Crippen LogP contribution is -2.41. The first-order valence-electron chi connectivity index (χ1n) is 5.59. The Kier molecular flexibility index (Phi) is 5.23. The molecule has 2 heteroatoms. The first-order valence-corrected chi connectivity index (χ1v) is 9.00. The maximum atomic E-state index is 6.30. The minimum absolute atomic E-state index is 0.180. The average Bonchev–Trinajstić information content (AvgIpc) is 2.01. The van der Waals surface area contributed by atoms with Crippen LogP contribution in [0.15, 0.2) is 0 Å². The van der Waals surface area contributed by atoms with E-state index in [2.05, 4.69) is 40.4 Å². The third-order valence-electron chi connectivity index (χ3n) is 2.52. The van der Waals surface area contributed by atoms with Crippen molar-refractivity contribution in [1.29, 1.82) is 0 Å². The largest absolute Gasteiger partial charge is 0.412 e. The summed E-state index contributed by atoms with van der Waals surface area (Å²) in [6, 6.07) is 0. The van der Waals surface area contributed by atoms with Gasteiger partial charge in [-0.15, -0.1) is 0 Å². The summed E-state index contributed by atoms with van der Waals surface area (Å²) in [4.78, 5) is 0. The SMILES string of the molecule is CCCC(CC)(CC)O[Si](C)(C)C. The zero-order valence-electron chi connectivity index (χ0n) is 10.2. The number of hydrogen-bond acceptors (Lipinski definition) is 1. The van der Waals surface area contributed by atoms with E-state index < -0.39 is 8.32 Å². The van der Waals surface area contributed by atoms with Crippen LogP contribution in [-0.4, -0.2) is 13.9 Å². The predicted octanol–water partition coefficient (Wildman–Crippen LogP) is 4.20. The highest BCUT2D eigenvalue weighted by Crippen LogP contribution is 2.29. The first kappa shape index (κ1) is 13.2. The molecular formula is C11H26OSi. The molecule has 0 rings (SSSR count). The predicted molar refractivity (Wildman–Crippen MR) is 62.7 cm³/mol. The minimum Gasteiger partial charge on any atom is -0.412 e. The quantitative estimate of drug-likeness (QED) is 0.587. The summed E-state index contributed by atoms with van der Waals surface area (Å²) in [6.07, 6.45) is 4.75. The Morgan fingerprint density at radius 1 is 1.00 bits per heavy atom. The van der Waals surface area contributed by atoms with Crippen LogP contribution in [0.3, 0.4) is 0 Å². The Hall–Kier alpha value is 0.177. The molecule has 0 aliphatic heterocycles. The summed E-state index contributed by atoms with van der Waals surface area (Å²) in [5.41, 5.74) is 0.180. The van der Waals surface area contributed by atoms with Crippen molar-refractivity contribution in [2.24, 2.45) is 0 Å². The average molecular weight is 202 g/mol. The molecule has 0 fully saturated rings. The standard InChI is InChI=1S/C11H26OSi/c1-7-10-11(8-2,9-3)12-13(4,5)6/h7-10H2,1-6H3. The highest BCUT2D eigenvalue weighted by Gasteiger charge is 2.31. The molecule has 13 heavy (non-hydrogen) atoms. The van der Waals surface area contributed by atoms with Crippen LogP contribution in [0, 0.1) is 0 Å². The van der Waals surface area contributed by atoms with Crippen LogP contribution in [0.25, 0.3) is 0 Å². The van der Waals surface area contributed by atoms with Gasteiger partial charge in [0.1, 0.15) is 0 Å². The topological polar surface area (TPSA) is 9.23 Å². The van der Waals surface area contributed by atoms with E-state index >= 15 is 0 Å². The van der Waals surface area contributed by atoms with Gasteiger partial charge in [-0.1, -0.05) is 27.2 Å². The summed E-state index contributed by atoms with van der Waals surface area (Å²) in [6.45, 7) is 13.6. The Bertz CT molecular complexity index is 134. The van der Waals surface area contributed by atoms with E-state index in [0.717, 1.165) is 12.8 Å². The molecule has 0 amide bonds. The third kappa shape index (κ3) is 4.82. The molecule has 0 bridgehead atoms. The number of hydrogen-bond donors (Lipinski definition) is 0. The molecule has 0 unspecified atom stereocenters. The molecule has 0 saturated carbocycles. The molecule has 0 aliphatic rings. The Labute approximate surface area is 85.0 Å². The Morgan fingerprint density at radius 3 is 1.69 bits per heavy atom. The minimum atomic E-state index is -1.37. The Balaban J connectivity index is 4.38. The fraction of sp³-hybridized carbons (Fsp3) is 1.00. The molecule has 0 aromatic carbocycles. The zero-order chi connectivity index (χ0) is 10.5. The molecule has 0 saturated heterocycles. The van der Waals surface area contributed by atoms with Gasteiger partial charge in [-0.05, 0) is 38.9 Å². The molecule has 0 spiro atoms. The normalized spacial score (nSPS) is 13.4. The molecule has 0 heterocycles. The van der Waals surface area contributed by atoms with Crippen LogP contribution in [0.2, 0.25) is 19.6 Å². The molecule has 0 aliphatic carbocycles. The van der Waals surface area contributed by atoms with Crippen LogP contribution in [0.5, 0.6) is 0 Å². The van der Waals surface area contributed by atoms with Crippen LogP contribution >= 0.6 is 0 Å². The summed E-state index contributed by atoms with van der Waals surface area (Å²) >= 11 is 0. The monoisotopic (exact) mass is 202 g/mol. The molecule has 0 aromatic rings. The van der Waals surface area contributed by atoms with E-state index in [1.165, 1.54) is 12.8 Å². The first-order chi connectivity index (χ1) is 5.89. The molecule has 1 nitrogen and oxygen atoms in total. The van der Waals surface area contributed by atoms with Gasteiger partial charge in [0.05, 0.1) is 5.60 Å². The van der Waals surface area contributed by atoms with Gasteiger partial charge in [0.2, 0.25) is 0 Å². The van der Waals surface area contributed by atoms with Crippen molar-refractivity contribution >= 4 is 8.32 Å². The van der Waals surface area contributed by atoms with Crippen molar-refractivity contribution in [3.63, 3.8) is 0 Å². The second-order valence-electron chi connectivity index (χ2n) is 4.85. The van der Waals surface area contributed by atoms with Gasteiger partial charge in [-0.2, -0.15) is 0 Å². The molecule has 0 N–H and O–H groups in total.